The molecule has 10 heteroatoms. The van der Waals surface area contributed by atoms with Crippen LogP contribution >= 0.6 is 0 Å². The Hall–Kier alpha value is -3.95. The fraction of sp³-hybridized carbons (Fsp3) is 0.348. The molecule has 1 N–H and O–H groups in total. The number of carbonyl (C=O) groups excluding carboxylic acids is 2. The SMILES string of the molecule is Cc1nn(C)c(C)c1NC(=O)C(C)OC(=O)c1cc(-c2ccco2)nc2c1cnn2C(C)C. The summed E-state index contributed by atoms with van der Waals surface area (Å²) in [6, 6.07) is 5.12. The summed E-state index contributed by atoms with van der Waals surface area (Å²) < 4.78 is 14.4. The lowest BCUT2D eigenvalue weighted by molar-refractivity contribution is -0.123. The number of hydrogen-bond acceptors (Lipinski definition) is 7. The Morgan fingerprint density at radius 1 is 1.21 bits per heavy atom. The Labute approximate surface area is 190 Å². The van der Waals surface area contributed by atoms with Crippen LogP contribution in [0.4, 0.5) is 5.69 Å². The predicted molar refractivity (Wildman–Crippen MR) is 122 cm³/mol. The zero-order chi connectivity index (χ0) is 23.9. The molecule has 0 aliphatic carbocycles. The summed E-state index contributed by atoms with van der Waals surface area (Å²) in [7, 11) is 1.80. The minimum atomic E-state index is -1.04. The van der Waals surface area contributed by atoms with E-state index in [-0.39, 0.29) is 11.6 Å². The molecule has 0 saturated heterocycles. The Morgan fingerprint density at radius 3 is 2.58 bits per heavy atom. The van der Waals surface area contributed by atoms with E-state index in [0.717, 1.165) is 5.69 Å². The average molecular weight is 450 g/mol. The summed E-state index contributed by atoms with van der Waals surface area (Å²) in [4.78, 5) is 30.5. The van der Waals surface area contributed by atoms with Crippen molar-refractivity contribution < 1.29 is 18.7 Å². The smallest absolute Gasteiger partial charge is 0.339 e. The van der Waals surface area contributed by atoms with Crippen LogP contribution in [0.25, 0.3) is 22.5 Å². The van der Waals surface area contributed by atoms with Gasteiger partial charge in [-0.1, -0.05) is 0 Å². The molecule has 0 bridgehead atoms. The number of esters is 1. The number of nitrogens with zero attached hydrogens (tertiary/aromatic N) is 5. The van der Waals surface area contributed by atoms with E-state index >= 15 is 0 Å². The van der Waals surface area contributed by atoms with E-state index in [1.54, 1.807) is 47.7 Å². The highest BCUT2D eigenvalue weighted by atomic mass is 16.5. The van der Waals surface area contributed by atoms with Gasteiger partial charge >= 0.3 is 5.97 Å². The van der Waals surface area contributed by atoms with Crippen LogP contribution in [-0.2, 0) is 16.6 Å². The van der Waals surface area contributed by atoms with E-state index in [0.29, 0.717) is 33.9 Å². The van der Waals surface area contributed by atoms with E-state index in [9.17, 15) is 9.59 Å². The van der Waals surface area contributed by atoms with E-state index in [1.165, 1.54) is 13.2 Å². The van der Waals surface area contributed by atoms with Crippen LogP contribution in [0.15, 0.2) is 35.1 Å². The number of anilines is 1. The number of furan rings is 1. The third-order valence-corrected chi connectivity index (χ3v) is 5.46. The molecule has 0 aliphatic heterocycles. The van der Waals surface area contributed by atoms with Crippen LogP contribution in [0.3, 0.4) is 0 Å². The number of carbonyl (C=O) groups is 2. The highest BCUT2D eigenvalue weighted by Crippen LogP contribution is 2.27. The van der Waals surface area contributed by atoms with Crippen molar-refractivity contribution in [2.75, 3.05) is 5.32 Å². The first-order valence-electron chi connectivity index (χ1n) is 10.6. The second-order valence-electron chi connectivity index (χ2n) is 8.16. The van der Waals surface area contributed by atoms with Gasteiger partial charge in [-0.15, -0.1) is 0 Å². The van der Waals surface area contributed by atoms with Gasteiger partial charge in [0.1, 0.15) is 5.69 Å². The minimum absolute atomic E-state index is 0.0291. The molecule has 1 amide bonds. The number of ether oxygens (including phenoxy) is 1. The molecule has 0 saturated carbocycles. The van der Waals surface area contributed by atoms with Crippen LogP contribution in [0, 0.1) is 13.8 Å². The van der Waals surface area contributed by atoms with Crippen molar-refractivity contribution in [2.24, 2.45) is 7.05 Å². The molecule has 0 spiro atoms. The Bertz CT molecular complexity index is 1330. The molecule has 0 aliphatic rings. The fourth-order valence-corrected chi connectivity index (χ4v) is 3.57. The number of hydrogen-bond donors (Lipinski definition) is 1. The number of aromatic nitrogens is 5. The lowest BCUT2D eigenvalue weighted by Crippen LogP contribution is -2.30. The fourth-order valence-electron chi connectivity index (χ4n) is 3.57. The van der Waals surface area contributed by atoms with Gasteiger partial charge in [0, 0.05) is 13.1 Å². The number of aryl methyl sites for hydroxylation is 2. The zero-order valence-electron chi connectivity index (χ0n) is 19.4. The van der Waals surface area contributed by atoms with Gasteiger partial charge in [-0.25, -0.2) is 14.5 Å². The predicted octanol–water partition coefficient (Wildman–Crippen LogP) is 3.81. The molecular formula is C23H26N6O4. The van der Waals surface area contributed by atoms with Gasteiger partial charge < -0.3 is 14.5 Å². The van der Waals surface area contributed by atoms with Gasteiger partial charge in [0.2, 0.25) is 0 Å². The molecule has 0 radical (unpaired) electrons. The monoisotopic (exact) mass is 450 g/mol. The number of pyridine rings is 1. The maximum absolute atomic E-state index is 13.2. The summed E-state index contributed by atoms with van der Waals surface area (Å²) in [5.41, 5.74) is 3.35. The van der Waals surface area contributed by atoms with Gasteiger partial charge in [0.15, 0.2) is 17.5 Å². The quantitative estimate of drug-likeness (QED) is 0.444. The molecule has 172 valence electrons. The van der Waals surface area contributed by atoms with Crippen molar-refractivity contribution in [3.8, 4) is 11.5 Å². The van der Waals surface area contributed by atoms with Gasteiger partial charge in [-0.2, -0.15) is 10.2 Å². The standard InChI is InChI=1S/C23H26N6O4/c1-12(2)29-21-17(11-24-29)16(10-18(25-21)19-8-7-9-32-19)23(31)33-15(5)22(30)26-20-13(3)27-28(6)14(20)4/h7-12,15H,1-6H3,(H,26,30). The van der Waals surface area contributed by atoms with Gasteiger partial charge in [-0.05, 0) is 52.8 Å². The summed E-state index contributed by atoms with van der Waals surface area (Å²) in [6.45, 7) is 9.12. The highest BCUT2D eigenvalue weighted by Gasteiger charge is 2.25. The third-order valence-electron chi connectivity index (χ3n) is 5.46. The maximum Gasteiger partial charge on any atom is 0.339 e. The lowest BCUT2D eigenvalue weighted by Gasteiger charge is -2.15. The van der Waals surface area contributed by atoms with Crippen molar-refractivity contribution in [1.82, 2.24) is 24.5 Å². The first-order chi connectivity index (χ1) is 15.7. The van der Waals surface area contributed by atoms with E-state index in [1.807, 2.05) is 20.8 Å². The van der Waals surface area contributed by atoms with Crippen LogP contribution < -0.4 is 5.32 Å². The van der Waals surface area contributed by atoms with Crippen LogP contribution in [-0.4, -0.2) is 42.5 Å². The molecule has 0 aromatic carbocycles. The van der Waals surface area contributed by atoms with Gasteiger partial charge in [0.05, 0.1) is 40.5 Å². The van der Waals surface area contributed by atoms with Crippen LogP contribution in [0.5, 0.6) is 0 Å². The molecule has 0 fully saturated rings. The molecule has 1 atom stereocenters. The number of rotatable bonds is 6. The van der Waals surface area contributed by atoms with Crippen molar-refractivity contribution in [1.29, 1.82) is 0 Å². The first-order valence-corrected chi connectivity index (χ1v) is 10.6. The normalized spacial score (nSPS) is 12.3. The Balaban J connectivity index is 1.64. The summed E-state index contributed by atoms with van der Waals surface area (Å²) in [5, 5.41) is 12.0. The second kappa shape index (κ2) is 8.53. The molecule has 4 aromatic rings. The van der Waals surface area contributed by atoms with E-state index in [2.05, 4.69) is 20.5 Å². The molecule has 4 rings (SSSR count). The average Bonchev–Trinajstić information content (AvgIpc) is 3.49. The summed E-state index contributed by atoms with van der Waals surface area (Å²) in [5.74, 6) is -0.589. The third kappa shape index (κ3) is 4.11. The van der Waals surface area contributed by atoms with Crippen molar-refractivity contribution >= 4 is 28.6 Å². The molecule has 4 heterocycles. The lowest BCUT2D eigenvalue weighted by atomic mass is 10.1. The second-order valence-corrected chi connectivity index (χ2v) is 8.16. The van der Waals surface area contributed by atoms with Gasteiger partial charge in [0.25, 0.3) is 5.91 Å². The van der Waals surface area contributed by atoms with Crippen LogP contribution in [0.2, 0.25) is 0 Å². The Morgan fingerprint density at radius 2 is 1.97 bits per heavy atom. The maximum atomic E-state index is 13.2. The topological polar surface area (TPSA) is 117 Å². The van der Waals surface area contributed by atoms with Crippen molar-refractivity contribution in [3.63, 3.8) is 0 Å². The number of amides is 1. The molecular weight excluding hydrogens is 424 g/mol. The minimum Gasteiger partial charge on any atom is -0.463 e. The zero-order valence-corrected chi connectivity index (χ0v) is 19.4. The molecule has 33 heavy (non-hydrogen) atoms. The van der Waals surface area contributed by atoms with Crippen molar-refractivity contribution in [2.45, 2.75) is 46.8 Å². The molecule has 1 unspecified atom stereocenters. The van der Waals surface area contributed by atoms with Crippen LogP contribution in [0.1, 0.15) is 48.6 Å². The number of nitrogens with one attached hydrogen (secondary N) is 1. The largest absolute Gasteiger partial charge is 0.463 e. The summed E-state index contributed by atoms with van der Waals surface area (Å²) in [6.07, 6.45) is 2.08. The Kier molecular flexibility index (Phi) is 5.75. The molecule has 4 aromatic heterocycles. The highest BCUT2D eigenvalue weighted by molar-refractivity contribution is 6.05. The van der Waals surface area contributed by atoms with Gasteiger partial charge in [-0.3, -0.25) is 9.48 Å². The number of fused-ring (bicyclic) bond motifs is 1. The van der Waals surface area contributed by atoms with E-state index < -0.39 is 18.0 Å². The first kappa shape index (κ1) is 22.3. The molecule has 10 nitrogen and oxygen atoms in total. The summed E-state index contributed by atoms with van der Waals surface area (Å²) >= 11 is 0. The van der Waals surface area contributed by atoms with E-state index in [4.69, 9.17) is 9.15 Å². The van der Waals surface area contributed by atoms with Crippen molar-refractivity contribution in [3.05, 3.63) is 47.6 Å².